The van der Waals surface area contributed by atoms with Gasteiger partial charge in [-0.2, -0.15) is 0 Å². The minimum absolute atomic E-state index is 0.359. The second-order valence-electron chi connectivity index (χ2n) is 3.53. The van der Waals surface area contributed by atoms with Gasteiger partial charge in [-0.05, 0) is 32.7 Å². The Labute approximate surface area is 96.2 Å². The summed E-state index contributed by atoms with van der Waals surface area (Å²) in [4.78, 5) is 14.9. The van der Waals surface area contributed by atoms with Gasteiger partial charge in [-0.15, -0.1) is 0 Å². The number of carboxylic acid groups (broad SMARTS) is 1. The third-order valence-electron chi connectivity index (χ3n) is 2.10. The Balaban J connectivity index is 4.25. The minimum atomic E-state index is -0.930. The van der Waals surface area contributed by atoms with Crippen LogP contribution in [0.3, 0.4) is 0 Å². The maximum Gasteiger partial charge on any atom is 0.328 e. The van der Waals surface area contributed by atoms with Crippen molar-refractivity contribution in [1.82, 2.24) is 0 Å². The molecule has 0 saturated carbocycles. The smallest absolute Gasteiger partial charge is 0.328 e. The Morgan fingerprint density at radius 1 is 1.50 bits per heavy atom. The normalized spacial score (nSPS) is 14.2. The lowest BCUT2D eigenvalue weighted by molar-refractivity contribution is -0.138. The number of aliphatic carboxylic acids is 1. The van der Waals surface area contributed by atoms with Crippen LogP contribution < -0.4 is 11.5 Å². The molecule has 0 rings (SSSR count). The second-order valence-corrected chi connectivity index (χ2v) is 3.53. The highest BCUT2D eigenvalue weighted by Crippen LogP contribution is 2.05. The molecule has 1 atom stereocenters. The van der Waals surface area contributed by atoms with Gasteiger partial charge >= 0.3 is 5.97 Å². The van der Waals surface area contributed by atoms with Crippen molar-refractivity contribution in [2.75, 3.05) is 6.54 Å². The molecule has 92 valence electrons. The first-order chi connectivity index (χ1) is 7.61. The van der Waals surface area contributed by atoms with Crippen molar-refractivity contribution >= 4 is 11.8 Å². The number of rotatable bonds is 8. The van der Waals surface area contributed by atoms with Gasteiger partial charge in [0.15, 0.2) is 0 Å². The van der Waals surface area contributed by atoms with Gasteiger partial charge in [-0.1, -0.05) is 12.2 Å². The van der Waals surface area contributed by atoms with E-state index in [4.69, 9.17) is 16.6 Å². The molecule has 0 amide bonds. The van der Waals surface area contributed by atoms with Crippen LogP contribution in [-0.4, -0.2) is 29.5 Å². The highest BCUT2D eigenvalue weighted by molar-refractivity contribution is 5.85. The summed E-state index contributed by atoms with van der Waals surface area (Å²) < 4.78 is 0. The van der Waals surface area contributed by atoms with Crippen molar-refractivity contribution in [3.63, 3.8) is 0 Å². The average Bonchev–Trinajstić information content (AvgIpc) is 2.25. The molecule has 0 aromatic carbocycles. The molecule has 0 aromatic heterocycles. The van der Waals surface area contributed by atoms with Crippen LogP contribution in [0.2, 0.25) is 0 Å². The molecule has 0 aliphatic heterocycles. The van der Waals surface area contributed by atoms with Crippen LogP contribution in [0.25, 0.3) is 0 Å². The summed E-state index contributed by atoms with van der Waals surface area (Å²) in [6, 6.07) is -0.739. The van der Waals surface area contributed by atoms with E-state index in [1.54, 1.807) is 0 Å². The third-order valence-corrected chi connectivity index (χ3v) is 2.10. The van der Waals surface area contributed by atoms with E-state index < -0.39 is 12.0 Å². The van der Waals surface area contributed by atoms with Crippen molar-refractivity contribution in [1.29, 1.82) is 0 Å². The van der Waals surface area contributed by atoms with E-state index in [1.165, 1.54) is 0 Å². The molecular weight excluding hydrogens is 206 g/mol. The zero-order chi connectivity index (χ0) is 12.4. The summed E-state index contributed by atoms with van der Waals surface area (Å²) in [6.45, 7) is 2.45. The van der Waals surface area contributed by atoms with E-state index in [9.17, 15) is 4.79 Å². The molecule has 0 aromatic rings. The predicted octanol–water partition coefficient (Wildman–Crippen LogP) is 0.892. The lowest BCUT2D eigenvalue weighted by Crippen LogP contribution is -2.23. The minimum Gasteiger partial charge on any atom is -0.480 e. The number of amidine groups is 1. The first kappa shape index (κ1) is 14.6. The lowest BCUT2D eigenvalue weighted by atomic mass is 10.1. The van der Waals surface area contributed by atoms with E-state index in [0.717, 1.165) is 12.8 Å². The van der Waals surface area contributed by atoms with E-state index >= 15 is 0 Å². The van der Waals surface area contributed by atoms with Crippen molar-refractivity contribution < 1.29 is 9.90 Å². The second kappa shape index (κ2) is 8.91. The number of carbonyl (C=O) groups is 1. The van der Waals surface area contributed by atoms with Gasteiger partial charge in [0.25, 0.3) is 0 Å². The summed E-state index contributed by atoms with van der Waals surface area (Å²) in [7, 11) is 0. The molecule has 0 heterocycles. The van der Waals surface area contributed by atoms with E-state index in [0.29, 0.717) is 25.2 Å². The summed E-state index contributed by atoms with van der Waals surface area (Å²) in [5, 5.41) is 8.93. The molecule has 0 saturated heterocycles. The van der Waals surface area contributed by atoms with Crippen LogP contribution in [0.1, 0.15) is 32.6 Å². The molecule has 5 nitrogen and oxygen atoms in total. The van der Waals surface area contributed by atoms with Gasteiger partial charge in [-0.25, -0.2) is 4.79 Å². The van der Waals surface area contributed by atoms with Crippen molar-refractivity contribution in [3.05, 3.63) is 12.2 Å². The molecule has 0 radical (unpaired) electrons. The average molecular weight is 227 g/mol. The zero-order valence-corrected chi connectivity index (χ0v) is 9.72. The first-order valence-electron chi connectivity index (χ1n) is 5.48. The number of aliphatic imine (C=N–C) groups is 1. The lowest BCUT2D eigenvalue weighted by Gasteiger charge is -2.08. The van der Waals surface area contributed by atoms with Gasteiger partial charge in [0, 0.05) is 6.42 Å². The summed E-state index contributed by atoms with van der Waals surface area (Å²) in [5.41, 5.74) is 11.0. The Morgan fingerprint density at radius 2 is 2.19 bits per heavy atom. The molecule has 0 bridgehead atoms. The van der Waals surface area contributed by atoms with Crippen molar-refractivity contribution in [2.24, 2.45) is 16.5 Å². The number of allylic oxidation sites excluding steroid dienone is 1. The molecule has 5 heteroatoms. The maximum absolute atomic E-state index is 10.9. The van der Waals surface area contributed by atoms with Gasteiger partial charge < -0.3 is 16.6 Å². The van der Waals surface area contributed by atoms with Gasteiger partial charge in [0.1, 0.15) is 6.04 Å². The summed E-state index contributed by atoms with van der Waals surface area (Å²) in [6.07, 6.45) is 6.26. The van der Waals surface area contributed by atoms with E-state index in [2.05, 4.69) is 4.99 Å². The van der Waals surface area contributed by atoms with Gasteiger partial charge in [-0.3, -0.25) is 4.99 Å². The fraction of sp³-hybridized carbons (Fsp3) is 0.636. The van der Waals surface area contributed by atoms with Crippen molar-refractivity contribution in [3.8, 4) is 0 Å². The Morgan fingerprint density at radius 3 is 2.69 bits per heavy atom. The number of nitrogens with two attached hydrogens (primary N) is 2. The molecule has 0 unspecified atom stereocenters. The van der Waals surface area contributed by atoms with Crippen LogP contribution in [0.4, 0.5) is 0 Å². The number of hydrogen-bond acceptors (Lipinski definition) is 3. The van der Waals surface area contributed by atoms with Crippen LogP contribution >= 0.6 is 0 Å². The standard InChI is InChI=1S/C11H21N3O2/c1-2-3-7-10(13)14-9(11(15)16)6-4-5-8-12/h2-3,9H,4-8,12H2,1H3,(H2,13,14)(H,15,16)/t9-/m0/s1. The number of unbranched alkanes of at least 4 members (excludes halogenated alkanes) is 1. The van der Waals surface area contributed by atoms with Gasteiger partial charge in [0.2, 0.25) is 0 Å². The number of hydrogen-bond donors (Lipinski definition) is 3. The summed E-state index contributed by atoms with van der Waals surface area (Å²) >= 11 is 0. The fourth-order valence-corrected chi connectivity index (χ4v) is 1.22. The Bertz CT molecular complexity index is 262. The van der Waals surface area contributed by atoms with Crippen LogP contribution in [0.5, 0.6) is 0 Å². The monoisotopic (exact) mass is 227 g/mol. The SMILES string of the molecule is CC=CCC(N)=N[C@@H](CCCCN)C(=O)O. The first-order valence-corrected chi connectivity index (χ1v) is 5.48. The van der Waals surface area contributed by atoms with E-state index in [1.807, 2.05) is 19.1 Å². The Hall–Kier alpha value is -1.36. The maximum atomic E-state index is 10.9. The predicted molar refractivity (Wildman–Crippen MR) is 65.4 cm³/mol. The molecule has 0 spiro atoms. The van der Waals surface area contributed by atoms with Gasteiger partial charge in [0.05, 0.1) is 5.84 Å². The fourth-order valence-electron chi connectivity index (χ4n) is 1.22. The topological polar surface area (TPSA) is 102 Å². The third kappa shape index (κ3) is 7.00. The summed E-state index contributed by atoms with van der Waals surface area (Å²) in [5.74, 6) is -0.571. The van der Waals surface area contributed by atoms with E-state index in [-0.39, 0.29) is 0 Å². The molecule has 0 aliphatic rings. The molecule has 0 fully saturated rings. The zero-order valence-electron chi connectivity index (χ0n) is 9.72. The van der Waals surface area contributed by atoms with Crippen LogP contribution in [0, 0.1) is 0 Å². The number of carboxylic acids is 1. The van der Waals surface area contributed by atoms with Crippen LogP contribution in [0.15, 0.2) is 17.1 Å². The molecule has 5 N–H and O–H groups in total. The van der Waals surface area contributed by atoms with Crippen molar-refractivity contribution in [2.45, 2.75) is 38.6 Å². The highest BCUT2D eigenvalue weighted by Gasteiger charge is 2.15. The Kier molecular flexibility index (Phi) is 8.15. The quantitative estimate of drug-likeness (QED) is 0.248. The molecule has 16 heavy (non-hydrogen) atoms. The van der Waals surface area contributed by atoms with Crippen LogP contribution in [-0.2, 0) is 4.79 Å². The largest absolute Gasteiger partial charge is 0.480 e. The highest BCUT2D eigenvalue weighted by atomic mass is 16.4. The molecular formula is C11H21N3O2. The number of nitrogens with zero attached hydrogens (tertiary/aromatic N) is 1. The molecule has 0 aliphatic carbocycles.